The van der Waals surface area contributed by atoms with Crippen molar-refractivity contribution in [2.75, 3.05) is 7.11 Å². The average Bonchev–Trinajstić information content (AvgIpc) is 2.80. The highest BCUT2D eigenvalue weighted by molar-refractivity contribution is 5.77. The number of rotatable bonds is 2. The van der Waals surface area contributed by atoms with Crippen LogP contribution in [0.25, 0.3) is 0 Å². The molecule has 0 radical (unpaired) electrons. The monoisotopic (exact) mass is 246 g/mol. The van der Waals surface area contributed by atoms with Gasteiger partial charge in [-0.1, -0.05) is 12.1 Å². The van der Waals surface area contributed by atoms with Gasteiger partial charge >= 0.3 is 5.97 Å². The van der Waals surface area contributed by atoms with Gasteiger partial charge in [-0.3, -0.25) is 4.79 Å². The Morgan fingerprint density at radius 2 is 2.06 bits per heavy atom. The molecule has 1 aromatic carbocycles. The van der Waals surface area contributed by atoms with Crippen molar-refractivity contribution in [3.05, 3.63) is 35.4 Å². The van der Waals surface area contributed by atoms with E-state index in [0.29, 0.717) is 5.56 Å². The fraction of sp³-hybridized carbons (Fsp3) is 0.333. The molecule has 1 heterocycles. The minimum atomic E-state index is -0.573. The van der Waals surface area contributed by atoms with Gasteiger partial charge in [-0.2, -0.15) is 5.26 Å². The second-order valence-electron chi connectivity index (χ2n) is 4.08. The highest BCUT2D eigenvalue weighted by Crippen LogP contribution is 2.22. The number of ether oxygens (including phenoxy) is 1. The number of esters is 1. The van der Waals surface area contributed by atoms with Crippen LogP contribution < -0.4 is 16.6 Å². The van der Waals surface area contributed by atoms with Gasteiger partial charge < -0.3 is 10.5 Å². The van der Waals surface area contributed by atoms with Gasteiger partial charge in [-0.25, -0.2) is 10.9 Å². The number of nitriles is 1. The summed E-state index contributed by atoms with van der Waals surface area (Å²) in [5, 5.41) is 8.73. The fourth-order valence-electron chi connectivity index (χ4n) is 1.98. The number of benzene rings is 1. The molecule has 0 spiro atoms. The quantitative estimate of drug-likeness (QED) is 0.613. The molecule has 6 nitrogen and oxygen atoms in total. The van der Waals surface area contributed by atoms with Crippen molar-refractivity contribution in [3.8, 4) is 6.07 Å². The van der Waals surface area contributed by atoms with E-state index in [1.807, 2.05) is 12.1 Å². The molecule has 1 aromatic rings. The van der Waals surface area contributed by atoms with E-state index in [1.54, 1.807) is 12.1 Å². The van der Waals surface area contributed by atoms with Crippen LogP contribution >= 0.6 is 0 Å². The molecule has 1 aliphatic heterocycles. The van der Waals surface area contributed by atoms with Crippen molar-refractivity contribution in [2.45, 2.75) is 18.1 Å². The average molecular weight is 246 g/mol. The van der Waals surface area contributed by atoms with Gasteiger partial charge in [-0.05, 0) is 17.7 Å². The first kappa shape index (κ1) is 12.5. The topological polar surface area (TPSA) is 100 Å². The number of nitrogens with two attached hydrogens (primary N) is 1. The Labute approximate surface area is 105 Å². The number of nitrogens with one attached hydrogen (secondary N) is 2. The fourth-order valence-corrected chi connectivity index (χ4v) is 1.98. The lowest BCUT2D eigenvalue weighted by atomic mass is 9.96. The molecule has 3 atom stereocenters. The van der Waals surface area contributed by atoms with Crippen LogP contribution in [-0.2, 0) is 9.53 Å². The third kappa shape index (κ3) is 2.19. The van der Waals surface area contributed by atoms with E-state index in [0.717, 1.165) is 5.56 Å². The number of carbonyl (C=O) groups excluding carboxylic acids is 1. The molecule has 3 unspecified atom stereocenters. The molecule has 0 aliphatic carbocycles. The Morgan fingerprint density at radius 3 is 2.61 bits per heavy atom. The normalized spacial score (nSPS) is 26.6. The van der Waals surface area contributed by atoms with E-state index in [-0.39, 0.29) is 6.04 Å². The predicted molar refractivity (Wildman–Crippen MR) is 63.9 cm³/mol. The smallest absolute Gasteiger partial charge is 0.325 e. The number of hydrogen-bond acceptors (Lipinski definition) is 6. The first-order chi connectivity index (χ1) is 8.67. The maximum absolute atomic E-state index is 11.5. The Balaban J connectivity index is 2.15. The third-order valence-corrected chi connectivity index (χ3v) is 3.02. The van der Waals surface area contributed by atoms with E-state index in [2.05, 4.69) is 21.7 Å². The van der Waals surface area contributed by atoms with Gasteiger partial charge in [0.1, 0.15) is 6.04 Å². The third-order valence-electron chi connectivity index (χ3n) is 3.02. The van der Waals surface area contributed by atoms with Gasteiger partial charge in [0.05, 0.1) is 30.8 Å². The molecule has 0 aromatic heterocycles. The number of hydrazine groups is 1. The Hall–Kier alpha value is -1.94. The van der Waals surface area contributed by atoms with Crippen LogP contribution in [0.15, 0.2) is 24.3 Å². The van der Waals surface area contributed by atoms with Gasteiger partial charge in [0.25, 0.3) is 0 Å². The predicted octanol–water partition coefficient (Wildman–Crippen LogP) is -0.424. The number of nitrogens with zero attached hydrogens (tertiary/aromatic N) is 1. The Bertz CT molecular complexity index is 480. The van der Waals surface area contributed by atoms with E-state index in [1.165, 1.54) is 7.11 Å². The van der Waals surface area contributed by atoms with Crippen molar-refractivity contribution in [2.24, 2.45) is 5.73 Å². The summed E-state index contributed by atoms with van der Waals surface area (Å²) < 4.78 is 4.66. The molecular formula is C12H14N4O2. The van der Waals surface area contributed by atoms with Crippen molar-refractivity contribution in [1.29, 1.82) is 5.26 Å². The van der Waals surface area contributed by atoms with Crippen molar-refractivity contribution in [3.63, 3.8) is 0 Å². The maximum atomic E-state index is 11.5. The summed E-state index contributed by atoms with van der Waals surface area (Å²) in [6, 6.07) is 7.93. The SMILES string of the molecule is COC(=O)C1NNC(c2ccc(C#N)cc2)C1N. The Kier molecular flexibility index (Phi) is 3.58. The van der Waals surface area contributed by atoms with E-state index in [4.69, 9.17) is 11.0 Å². The van der Waals surface area contributed by atoms with Crippen LogP contribution in [0.1, 0.15) is 17.2 Å². The van der Waals surface area contributed by atoms with Gasteiger partial charge in [0.2, 0.25) is 0 Å². The highest BCUT2D eigenvalue weighted by Gasteiger charge is 2.38. The number of methoxy groups -OCH3 is 1. The number of hydrogen-bond donors (Lipinski definition) is 3. The molecule has 6 heteroatoms. The molecule has 0 saturated carbocycles. The van der Waals surface area contributed by atoms with Crippen LogP contribution in [0.3, 0.4) is 0 Å². The maximum Gasteiger partial charge on any atom is 0.325 e. The molecule has 0 bridgehead atoms. The van der Waals surface area contributed by atoms with Crippen molar-refractivity contribution >= 4 is 5.97 Å². The summed E-state index contributed by atoms with van der Waals surface area (Å²) in [6.07, 6.45) is 0. The first-order valence-electron chi connectivity index (χ1n) is 5.52. The van der Waals surface area contributed by atoms with E-state index < -0.39 is 18.1 Å². The second kappa shape index (κ2) is 5.14. The summed E-state index contributed by atoms with van der Waals surface area (Å²) >= 11 is 0. The lowest BCUT2D eigenvalue weighted by Crippen LogP contribution is -2.45. The van der Waals surface area contributed by atoms with Crippen LogP contribution in [0, 0.1) is 11.3 Å². The first-order valence-corrected chi connectivity index (χ1v) is 5.52. The standard InChI is InChI=1S/C12H14N4O2/c1-18-12(17)11-9(14)10(15-16-11)8-4-2-7(6-13)3-5-8/h2-5,9-11,15-16H,14H2,1H3. The van der Waals surface area contributed by atoms with E-state index >= 15 is 0 Å². The molecule has 4 N–H and O–H groups in total. The second-order valence-corrected chi connectivity index (χ2v) is 4.08. The van der Waals surface area contributed by atoms with Gasteiger partial charge in [0, 0.05) is 0 Å². The molecule has 2 rings (SSSR count). The molecule has 1 saturated heterocycles. The van der Waals surface area contributed by atoms with Gasteiger partial charge in [0.15, 0.2) is 0 Å². The molecule has 0 amide bonds. The molecule has 94 valence electrons. The lowest BCUT2D eigenvalue weighted by molar-refractivity contribution is -0.143. The van der Waals surface area contributed by atoms with Crippen molar-refractivity contribution < 1.29 is 9.53 Å². The zero-order valence-corrected chi connectivity index (χ0v) is 9.88. The summed E-state index contributed by atoms with van der Waals surface area (Å²) in [5.41, 5.74) is 13.3. The van der Waals surface area contributed by atoms with Gasteiger partial charge in [-0.15, -0.1) is 0 Å². The van der Waals surface area contributed by atoms with Crippen LogP contribution in [0.5, 0.6) is 0 Å². The molecule has 1 fully saturated rings. The van der Waals surface area contributed by atoms with Crippen LogP contribution in [-0.4, -0.2) is 25.2 Å². The Morgan fingerprint density at radius 1 is 1.39 bits per heavy atom. The minimum Gasteiger partial charge on any atom is -0.468 e. The summed E-state index contributed by atoms with van der Waals surface area (Å²) in [4.78, 5) is 11.5. The van der Waals surface area contributed by atoms with Crippen LogP contribution in [0.2, 0.25) is 0 Å². The van der Waals surface area contributed by atoms with Crippen molar-refractivity contribution in [1.82, 2.24) is 10.9 Å². The largest absolute Gasteiger partial charge is 0.468 e. The molecule has 1 aliphatic rings. The summed E-state index contributed by atoms with van der Waals surface area (Å²) in [6.45, 7) is 0. The highest BCUT2D eigenvalue weighted by atomic mass is 16.5. The summed E-state index contributed by atoms with van der Waals surface area (Å²) in [7, 11) is 1.33. The molecular weight excluding hydrogens is 232 g/mol. The van der Waals surface area contributed by atoms with Crippen LogP contribution in [0.4, 0.5) is 0 Å². The number of carbonyl (C=O) groups is 1. The summed E-state index contributed by atoms with van der Waals surface area (Å²) in [5.74, 6) is -0.397. The zero-order valence-electron chi connectivity index (χ0n) is 9.88. The minimum absolute atomic E-state index is 0.193. The zero-order chi connectivity index (χ0) is 13.1. The molecule has 18 heavy (non-hydrogen) atoms. The van der Waals surface area contributed by atoms with E-state index in [9.17, 15) is 4.79 Å². The lowest BCUT2D eigenvalue weighted by Gasteiger charge is -2.17.